The Balaban J connectivity index is 1.57. The smallest absolute Gasteiger partial charge is 0.270 e. The quantitative estimate of drug-likeness (QED) is 0.684. The van der Waals surface area contributed by atoms with Gasteiger partial charge in [-0.15, -0.1) is 0 Å². The van der Waals surface area contributed by atoms with Crippen molar-refractivity contribution in [2.24, 2.45) is 0 Å². The van der Waals surface area contributed by atoms with Crippen molar-refractivity contribution in [3.05, 3.63) is 41.2 Å². The molecule has 2 heterocycles. The zero-order chi connectivity index (χ0) is 19.2. The third-order valence-corrected chi connectivity index (χ3v) is 4.04. The summed E-state index contributed by atoms with van der Waals surface area (Å²) in [6.07, 6.45) is 0.968. The molecule has 3 rings (SSSR count). The molecule has 1 aliphatic rings. The maximum absolute atomic E-state index is 12.5. The van der Waals surface area contributed by atoms with E-state index in [2.05, 4.69) is 25.5 Å². The zero-order valence-electron chi connectivity index (χ0n) is 15.9. The number of nitrogens with zero attached hydrogens (tertiary/aromatic N) is 3. The molecular formula is C19H25N5O3. The average Bonchev–Trinajstić information content (AvgIpc) is 3.10. The van der Waals surface area contributed by atoms with Crippen LogP contribution in [0.1, 0.15) is 28.2 Å². The Morgan fingerprint density at radius 3 is 2.81 bits per heavy atom. The summed E-state index contributed by atoms with van der Waals surface area (Å²) in [5, 5.41) is 6.06. The molecule has 0 radical (unpaired) electrons. The van der Waals surface area contributed by atoms with Gasteiger partial charge in [-0.3, -0.25) is 4.79 Å². The number of aryl methyl sites for hydroxylation is 1. The summed E-state index contributed by atoms with van der Waals surface area (Å²) in [5.41, 5.74) is 2.02. The highest BCUT2D eigenvalue weighted by molar-refractivity contribution is 5.92. The van der Waals surface area contributed by atoms with Crippen molar-refractivity contribution in [1.82, 2.24) is 20.2 Å². The largest absolute Gasteiger partial charge is 0.454 e. The first-order valence-corrected chi connectivity index (χ1v) is 8.92. The van der Waals surface area contributed by atoms with Crippen molar-refractivity contribution >= 4 is 11.9 Å². The number of amides is 1. The van der Waals surface area contributed by atoms with Gasteiger partial charge in [-0.25, -0.2) is 9.97 Å². The van der Waals surface area contributed by atoms with Gasteiger partial charge in [-0.05, 0) is 57.7 Å². The number of ether oxygens (including phenoxy) is 2. The predicted octanol–water partition coefficient (Wildman–Crippen LogP) is 1.81. The van der Waals surface area contributed by atoms with E-state index < -0.39 is 0 Å². The normalized spacial score (nSPS) is 12.3. The van der Waals surface area contributed by atoms with Gasteiger partial charge >= 0.3 is 0 Å². The van der Waals surface area contributed by atoms with Crippen LogP contribution in [0.2, 0.25) is 0 Å². The molecule has 27 heavy (non-hydrogen) atoms. The number of aromatic nitrogens is 2. The van der Waals surface area contributed by atoms with Crippen molar-refractivity contribution in [2.75, 3.05) is 39.3 Å². The number of nitrogens with one attached hydrogen (secondary N) is 2. The summed E-state index contributed by atoms with van der Waals surface area (Å²) in [5.74, 6) is 1.65. The fraction of sp³-hybridized carbons (Fsp3) is 0.421. The number of anilines is 1. The van der Waals surface area contributed by atoms with Gasteiger partial charge in [0.1, 0.15) is 5.69 Å². The molecule has 0 spiro atoms. The molecule has 8 nitrogen and oxygen atoms in total. The molecule has 1 amide bonds. The molecule has 0 bridgehead atoms. The van der Waals surface area contributed by atoms with E-state index in [1.807, 2.05) is 39.2 Å². The van der Waals surface area contributed by atoms with Crippen molar-refractivity contribution in [3.8, 4) is 11.5 Å². The Morgan fingerprint density at radius 1 is 1.19 bits per heavy atom. The molecule has 1 aliphatic heterocycles. The molecule has 0 aliphatic carbocycles. The highest BCUT2D eigenvalue weighted by atomic mass is 16.7. The lowest BCUT2D eigenvalue weighted by atomic mass is 10.2. The molecule has 8 heteroatoms. The third-order valence-electron chi connectivity index (χ3n) is 4.04. The fourth-order valence-electron chi connectivity index (χ4n) is 2.68. The Bertz CT molecular complexity index is 810. The summed E-state index contributed by atoms with van der Waals surface area (Å²) in [6.45, 7) is 4.18. The van der Waals surface area contributed by atoms with E-state index in [1.54, 1.807) is 6.07 Å². The van der Waals surface area contributed by atoms with Crippen LogP contribution in [0.4, 0.5) is 5.95 Å². The molecule has 0 fully saturated rings. The van der Waals surface area contributed by atoms with Crippen LogP contribution in [0.25, 0.3) is 0 Å². The molecule has 1 aromatic heterocycles. The van der Waals surface area contributed by atoms with E-state index in [-0.39, 0.29) is 12.7 Å². The lowest BCUT2D eigenvalue weighted by Gasteiger charge is -2.11. The second-order valence-corrected chi connectivity index (χ2v) is 6.67. The minimum absolute atomic E-state index is 0.232. The highest BCUT2D eigenvalue weighted by Crippen LogP contribution is 2.32. The monoisotopic (exact) mass is 371 g/mol. The summed E-state index contributed by atoms with van der Waals surface area (Å²) in [7, 11) is 4.07. The Kier molecular flexibility index (Phi) is 6.08. The van der Waals surface area contributed by atoms with Gasteiger partial charge in [0.2, 0.25) is 12.7 Å². The van der Waals surface area contributed by atoms with Gasteiger partial charge in [-0.2, -0.15) is 0 Å². The highest BCUT2D eigenvalue weighted by Gasteiger charge is 2.14. The second kappa shape index (κ2) is 8.68. The Morgan fingerprint density at radius 2 is 2.00 bits per heavy atom. The topological polar surface area (TPSA) is 88.6 Å². The minimum Gasteiger partial charge on any atom is -0.454 e. The summed E-state index contributed by atoms with van der Waals surface area (Å²) in [6, 6.07) is 7.29. The molecule has 2 aromatic rings. The van der Waals surface area contributed by atoms with E-state index in [0.29, 0.717) is 23.9 Å². The number of hydrogen-bond donors (Lipinski definition) is 2. The first-order valence-electron chi connectivity index (χ1n) is 8.92. The lowest BCUT2D eigenvalue weighted by molar-refractivity contribution is 0.0945. The fourth-order valence-corrected chi connectivity index (χ4v) is 2.68. The van der Waals surface area contributed by atoms with Crippen molar-refractivity contribution in [1.29, 1.82) is 0 Å². The lowest BCUT2D eigenvalue weighted by Crippen LogP contribution is -2.25. The first kappa shape index (κ1) is 18.9. The summed E-state index contributed by atoms with van der Waals surface area (Å²) >= 11 is 0. The molecular weight excluding hydrogens is 346 g/mol. The molecule has 0 saturated heterocycles. The third kappa shape index (κ3) is 5.30. The maximum atomic E-state index is 12.5. The molecule has 1 aromatic carbocycles. The maximum Gasteiger partial charge on any atom is 0.270 e. The number of fused-ring (bicyclic) bond motifs is 1. The number of hydrogen-bond acceptors (Lipinski definition) is 7. The Hall–Kier alpha value is -2.87. The molecule has 2 N–H and O–H groups in total. The van der Waals surface area contributed by atoms with E-state index in [4.69, 9.17) is 9.47 Å². The Labute approximate surface area is 158 Å². The standard InChI is InChI=1S/C19H25N5O3/c1-13-9-15(23-19(22-13)20-7-4-8-24(2)3)18(25)21-11-14-5-6-16-17(10-14)27-12-26-16/h5-6,9-10H,4,7-8,11-12H2,1-3H3,(H,21,25)(H,20,22,23). The zero-order valence-corrected chi connectivity index (χ0v) is 15.9. The van der Waals surface area contributed by atoms with Crippen molar-refractivity contribution < 1.29 is 14.3 Å². The van der Waals surface area contributed by atoms with Gasteiger partial charge in [-0.1, -0.05) is 6.07 Å². The van der Waals surface area contributed by atoms with Crippen LogP contribution < -0.4 is 20.1 Å². The van der Waals surface area contributed by atoms with E-state index in [0.717, 1.165) is 36.5 Å². The van der Waals surface area contributed by atoms with Gasteiger partial charge in [0.25, 0.3) is 5.91 Å². The first-order chi connectivity index (χ1) is 13.0. The number of carbonyl (C=O) groups excluding carboxylic acids is 1. The van der Waals surface area contributed by atoms with Gasteiger partial charge in [0, 0.05) is 18.8 Å². The van der Waals surface area contributed by atoms with Crippen molar-refractivity contribution in [3.63, 3.8) is 0 Å². The van der Waals surface area contributed by atoms with Crippen LogP contribution in [0.15, 0.2) is 24.3 Å². The molecule has 144 valence electrons. The molecule has 0 saturated carbocycles. The van der Waals surface area contributed by atoms with Crippen LogP contribution in [0, 0.1) is 6.92 Å². The number of carbonyl (C=O) groups is 1. The predicted molar refractivity (Wildman–Crippen MR) is 102 cm³/mol. The second-order valence-electron chi connectivity index (χ2n) is 6.67. The number of rotatable bonds is 8. The van der Waals surface area contributed by atoms with Crippen LogP contribution in [0.3, 0.4) is 0 Å². The molecule has 0 unspecified atom stereocenters. The van der Waals surface area contributed by atoms with Crippen LogP contribution in [-0.2, 0) is 6.54 Å². The minimum atomic E-state index is -0.241. The summed E-state index contributed by atoms with van der Waals surface area (Å²) < 4.78 is 10.6. The molecule has 0 atom stereocenters. The van der Waals surface area contributed by atoms with Crippen LogP contribution in [-0.4, -0.2) is 54.8 Å². The van der Waals surface area contributed by atoms with Gasteiger partial charge < -0.3 is 25.0 Å². The number of benzene rings is 1. The van der Waals surface area contributed by atoms with Crippen molar-refractivity contribution in [2.45, 2.75) is 19.9 Å². The van der Waals surface area contributed by atoms with E-state index in [9.17, 15) is 4.79 Å². The van der Waals surface area contributed by atoms with E-state index >= 15 is 0 Å². The SMILES string of the molecule is Cc1cc(C(=O)NCc2ccc3c(c2)OCO3)nc(NCCCN(C)C)n1. The van der Waals surface area contributed by atoms with Gasteiger partial charge in [0.05, 0.1) is 0 Å². The van der Waals surface area contributed by atoms with Gasteiger partial charge in [0.15, 0.2) is 11.5 Å². The van der Waals surface area contributed by atoms with Crippen LogP contribution in [0.5, 0.6) is 11.5 Å². The van der Waals surface area contributed by atoms with E-state index in [1.165, 1.54) is 0 Å². The summed E-state index contributed by atoms with van der Waals surface area (Å²) in [4.78, 5) is 23.3. The van der Waals surface area contributed by atoms with Crippen LogP contribution >= 0.6 is 0 Å². The average molecular weight is 371 g/mol.